The monoisotopic (exact) mass is 250 g/mol. The standard InChI is InChI=1S/C15H22O3/c1-3-5-6-7-9-12-10-8-11-14(13(12)4-2)18-15(16)17/h8,10-11H,3-7,9H2,1-2H3,(H,16,17). The van der Waals surface area contributed by atoms with Gasteiger partial charge in [-0.2, -0.15) is 0 Å². The molecule has 1 aromatic rings. The molecule has 0 spiro atoms. The second kappa shape index (κ2) is 7.75. The smallest absolute Gasteiger partial charge is 0.449 e. The Morgan fingerprint density at radius 1 is 1.22 bits per heavy atom. The minimum absolute atomic E-state index is 0.484. The molecule has 0 amide bonds. The maximum atomic E-state index is 10.6. The molecule has 0 unspecified atom stereocenters. The molecule has 0 aromatic heterocycles. The molecule has 100 valence electrons. The van der Waals surface area contributed by atoms with Gasteiger partial charge in [-0.25, -0.2) is 4.79 Å². The van der Waals surface area contributed by atoms with Crippen molar-refractivity contribution in [3.05, 3.63) is 29.3 Å². The van der Waals surface area contributed by atoms with Crippen molar-refractivity contribution in [2.75, 3.05) is 0 Å². The minimum Gasteiger partial charge on any atom is -0.449 e. The highest BCUT2D eigenvalue weighted by Gasteiger charge is 2.10. The summed E-state index contributed by atoms with van der Waals surface area (Å²) in [5.74, 6) is 0.484. The number of carbonyl (C=O) groups is 1. The third kappa shape index (κ3) is 4.40. The first-order valence-corrected chi connectivity index (χ1v) is 6.70. The molecule has 1 aromatic carbocycles. The first-order valence-electron chi connectivity index (χ1n) is 6.70. The van der Waals surface area contributed by atoms with Crippen molar-refractivity contribution in [3.8, 4) is 5.75 Å². The summed E-state index contributed by atoms with van der Waals surface area (Å²) in [5.41, 5.74) is 2.24. The van der Waals surface area contributed by atoms with Gasteiger partial charge in [0.25, 0.3) is 0 Å². The van der Waals surface area contributed by atoms with E-state index in [1.54, 1.807) is 6.07 Å². The van der Waals surface area contributed by atoms with Crippen molar-refractivity contribution in [1.82, 2.24) is 0 Å². The summed E-state index contributed by atoms with van der Waals surface area (Å²) in [6, 6.07) is 5.66. The van der Waals surface area contributed by atoms with Crippen LogP contribution in [0.2, 0.25) is 0 Å². The second-order valence-corrected chi connectivity index (χ2v) is 4.43. The molecule has 3 nitrogen and oxygen atoms in total. The third-order valence-electron chi connectivity index (χ3n) is 3.08. The van der Waals surface area contributed by atoms with Gasteiger partial charge in [-0.05, 0) is 36.5 Å². The van der Waals surface area contributed by atoms with Gasteiger partial charge >= 0.3 is 6.16 Å². The van der Waals surface area contributed by atoms with Gasteiger partial charge in [0, 0.05) is 0 Å². The zero-order chi connectivity index (χ0) is 13.4. The van der Waals surface area contributed by atoms with Gasteiger partial charge in [0.1, 0.15) is 5.75 Å². The van der Waals surface area contributed by atoms with Crippen LogP contribution < -0.4 is 4.74 Å². The molecule has 0 heterocycles. The highest BCUT2D eigenvalue weighted by atomic mass is 16.7. The predicted molar refractivity (Wildman–Crippen MR) is 72.3 cm³/mol. The lowest BCUT2D eigenvalue weighted by Crippen LogP contribution is -2.06. The molecule has 18 heavy (non-hydrogen) atoms. The minimum atomic E-state index is -1.24. The van der Waals surface area contributed by atoms with Crippen molar-refractivity contribution in [1.29, 1.82) is 0 Å². The fraction of sp³-hybridized carbons (Fsp3) is 0.533. The quantitative estimate of drug-likeness (QED) is 0.442. The van der Waals surface area contributed by atoms with Gasteiger partial charge in [-0.3, -0.25) is 0 Å². The zero-order valence-corrected chi connectivity index (χ0v) is 11.2. The Balaban J connectivity index is 2.74. The van der Waals surface area contributed by atoms with E-state index in [-0.39, 0.29) is 0 Å². The van der Waals surface area contributed by atoms with E-state index in [1.807, 2.05) is 13.0 Å². The summed E-state index contributed by atoms with van der Waals surface area (Å²) < 4.78 is 4.82. The fourth-order valence-corrected chi connectivity index (χ4v) is 2.18. The summed E-state index contributed by atoms with van der Waals surface area (Å²) in [5, 5.41) is 8.70. The number of unbranched alkanes of at least 4 members (excludes halogenated alkanes) is 3. The number of hydrogen-bond donors (Lipinski definition) is 1. The zero-order valence-electron chi connectivity index (χ0n) is 11.2. The Labute approximate surface area is 109 Å². The molecule has 1 rings (SSSR count). The number of ether oxygens (including phenoxy) is 1. The lowest BCUT2D eigenvalue weighted by Gasteiger charge is -2.12. The van der Waals surface area contributed by atoms with Crippen molar-refractivity contribution >= 4 is 6.16 Å². The number of rotatable bonds is 7. The normalized spacial score (nSPS) is 10.3. The molecule has 0 aliphatic rings. The van der Waals surface area contributed by atoms with Crippen LogP contribution in [-0.2, 0) is 12.8 Å². The van der Waals surface area contributed by atoms with Gasteiger partial charge in [-0.15, -0.1) is 0 Å². The molecule has 0 aliphatic heterocycles. The number of aryl methyl sites for hydroxylation is 1. The fourth-order valence-electron chi connectivity index (χ4n) is 2.18. The van der Waals surface area contributed by atoms with Crippen LogP contribution in [0, 0.1) is 0 Å². The van der Waals surface area contributed by atoms with E-state index in [1.165, 1.54) is 24.8 Å². The maximum absolute atomic E-state index is 10.6. The van der Waals surface area contributed by atoms with E-state index in [0.29, 0.717) is 5.75 Å². The first kappa shape index (κ1) is 14.6. The average molecular weight is 250 g/mol. The Bertz CT molecular complexity index is 385. The van der Waals surface area contributed by atoms with E-state index in [4.69, 9.17) is 9.84 Å². The highest BCUT2D eigenvalue weighted by molar-refractivity contribution is 5.62. The van der Waals surface area contributed by atoms with E-state index >= 15 is 0 Å². The molecule has 0 saturated carbocycles. The number of carboxylic acid groups (broad SMARTS) is 1. The first-order chi connectivity index (χ1) is 8.69. The lowest BCUT2D eigenvalue weighted by molar-refractivity contribution is 0.144. The topological polar surface area (TPSA) is 46.5 Å². The molecule has 1 N–H and O–H groups in total. The average Bonchev–Trinajstić information content (AvgIpc) is 2.34. The third-order valence-corrected chi connectivity index (χ3v) is 3.08. The predicted octanol–water partition coefficient (Wildman–Crippen LogP) is 4.43. The molecule has 3 heteroatoms. The van der Waals surface area contributed by atoms with E-state index in [0.717, 1.165) is 24.8 Å². The van der Waals surface area contributed by atoms with Crippen molar-refractivity contribution < 1.29 is 14.6 Å². The van der Waals surface area contributed by atoms with Crippen LogP contribution in [0.15, 0.2) is 18.2 Å². The van der Waals surface area contributed by atoms with Crippen LogP contribution in [0.1, 0.15) is 50.7 Å². The molecule has 0 aliphatic carbocycles. The maximum Gasteiger partial charge on any atom is 0.511 e. The van der Waals surface area contributed by atoms with E-state index in [9.17, 15) is 4.79 Å². The number of hydrogen-bond acceptors (Lipinski definition) is 2. The van der Waals surface area contributed by atoms with Gasteiger partial charge in [-0.1, -0.05) is 45.2 Å². The van der Waals surface area contributed by atoms with Gasteiger partial charge in [0.2, 0.25) is 0 Å². The molecule has 0 atom stereocenters. The summed E-state index contributed by atoms with van der Waals surface area (Å²) in [7, 11) is 0. The molecule has 0 radical (unpaired) electrons. The van der Waals surface area contributed by atoms with Crippen LogP contribution in [0.3, 0.4) is 0 Å². The number of benzene rings is 1. The van der Waals surface area contributed by atoms with Gasteiger partial charge in [0.05, 0.1) is 0 Å². The van der Waals surface area contributed by atoms with Crippen molar-refractivity contribution in [2.45, 2.75) is 52.4 Å². The highest BCUT2D eigenvalue weighted by Crippen LogP contribution is 2.25. The van der Waals surface area contributed by atoms with E-state index < -0.39 is 6.16 Å². The summed E-state index contributed by atoms with van der Waals surface area (Å²) >= 11 is 0. The Morgan fingerprint density at radius 3 is 2.61 bits per heavy atom. The van der Waals surface area contributed by atoms with E-state index in [2.05, 4.69) is 13.0 Å². The summed E-state index contributed by atoms with van der Waals surface area (Å²) in [6.45, 7) is 4.22. The SMILES string of the molecule is CCCCCCc1cccc(OC(=O)O)c1CC. The van der Waals surface area contributed by atoms with Crippen LogP contribution in [0.5, 0.6) is 5.75 Å². The van der Waals surface area contributed by atoms with Crippen LogP contribution in [-0.4, -0.2) is 11.3 Å². The van der Waals surface area contributed by atoms with Gasteiger partial charge < -0.3 is 9.84 Å². The summed E-state index contributed by atoms with van der Waals surface area (Å²) in [6.07, 6.45) is 5.41. The molecule has 0 bridgehead atoms. The molecule has 0 fully saturated rings. The summed E-state index contributed by atoms with van der Waals surface area (Å²) in [4.78, 5) is 10.6. The van der Waals surface area contributed by atoms with Crippen LogP contribution in [0.4, 0.5) is 4.79 Å². The van der Waals surface area contributed by atoms with Crippen LogP contribution in [0.25, 0.3) is 0 Å². The molecular weight excluding hydrogens is 228 g/mol. The Morgan fingerprint density at radius 2 is 2.00 bits per heavy atom. The second-order valence-electron chi connectivity index (χ2n) is 4.43. The molecular formula is C15H22O3. The van der Waals surface area contributed by atoms with Crippen molar-refractivity contribution in [3.63, 3.8) is 0 Å². The lowest BCUT2D eigenvalue weighted by atomic mass is 9.98. The van der Waals surface area contributed by atoms with Gasteiger partial charge in [0.15, 0.2) is 0 Å². The Hall–Kier alpha value is -1.51. The molecule has 0 saturated heterocycles. The van der Waals surface area contributed by atoms with Crippen LogP contribution >= 0.6 is 0 Å². The van der Waals surface area contributed by atoms with Crippen molar-refractivity contribution in [2.24, 2.45) is 0 Å². The Kier molecular flexibility index (Phi) is 6.26. The largest absolute Gasteiger partial charge is 0.511 e.